The fourth-order valence-corrected chi connectivity index (χ4v) is 1.30. The molecule has 76 valence electrons. The molecule has 14 heavy (non-hydrogen) atoms. The zero-order valence-corrected chi connectivity index (χ0v) is 8.73. The van der Waals surface area contributed by atoms with Gasteiger partial charge in [-0.15, -0.1) is 0 Å². The molecule has 0 aliphatic heterocycles. The first kappa shape index (κ1) is 10.7. The lowest BCUT2D eigenvalue weighted by Gasteiger charge is -2.18. The molecule has 1 unspecified atom stereocenters. The van der Waals surface area contributed by atoms with E-state index in [9.17, 15) is 4.79 Å². The van der Waals surface area contributed by atoms with E-state index in [0.717, 1.165) is 17.6 Å². The second-order valence-electron chi connectivity index (χ2n) is 3.32. The number of carbonyl (C=O) groups excluding carboxylic acids is 1. The lowest BCUT2D eigenvalue weighted by molar-refractivity contribution is -0.111. The number of rotatable bonds is 4. The van der Waals surface area contributed by atoms with Gasteiger partial charge in [0.1, 0.15) is 12.0 Å². The highest BCUT2D eigenvalue weighted by Gasteiger charge is 2.11. The Labute approximate surface area is 84.3 Å². The third kappa shape index (κ3) is 2.33. The molecule has 1 aromatic rings. The van der Waals surface area contributed by atoms with Crippen LogP contribution in [0.2, 0.25) is 0 Å². The SMILES string of the molecule is COc1ccc(C(C=O)N(C)C)cc1. The Morgan fingerprint density at radius 2 is 1.86 bits per heavy atom. The van der Waals surface area contributed by atoms with Crippen LogP contribution in [0, 0.1) is 0 Å². The van der Waals surface area contributed by atoms with Crippen LogP contribution in [-0.2, 0) is 4.79 Å². The minimum Gasteiger partial charge on any atom is -0.497 e. The van der Waals surface area contributed by atoms with Crippen molar-refractivity contribution in [2.75, 3.05) is 21.2 Å². The molecule has 0 amide bonds. The van der Waals surface area contributed by atoms with Crippen LogP contribution >= 0.6 is 0 Å². The van der Waals surface area contributed by atoms with Gasteiger partial charge >= 0.3 is 0 Å². The zero-order chi connectivity index (χ0) is 10.6. The lowest BCUT2D eigenvalue weighted by atomic mass is 10.1. The van der Waals surface area contributed by atoms with Crippen LogP contribution in [-0.4, -0.2) is 32.4 Å². The fraction of sp³-hybridized carbons (Fsp3) is 0.364. The minimum absolute atomic E-state index is 0.180. The highest BCUT2D eigenvalue weighted by Crippen LogP contribution is 2.19. The number of nitrogens with zero attached hydrogens (tertiary/aromatic N) is 1. The van der Waals surface area contributed by atoms with Crippen molar-refractivity contribution < 1.29 is 9.53 Å². The molecule has 0 aromatic heterocycles. The second kappa shape index (κ2) is 4.77. The van der Waals surface area contributed by atoms with Gasteiger partial charge in [0.25, 0.3) is 0 Å². The Morgan fingerprint density at radius 1 is 1.29 bits per heavy atom. The van der Waals surface area contributed by atoms with Gasteiger partial charge in [0.2, 0.25) is 0 Å². The molecule has 3 heteroatoms. The van der Waals surface area contributed by atoms with Crippen LogP contribution < -0.4 is 4.74 Å². The van der Waals surface area contributed by atoms with E-state index in [0.29, 0.717) is 0 Å². The summed E-state index contributed by atoms with van der Waals surface area (Å²) in [6.07, 6.45) is 0.932. The molecule has 0 aliphatic carbocycles. The van der Waals surface area contributed by atoms with E-state index in [1.165, 1.54) is 0 Å². The second-order valence-corrected chi connectivity index (χ2v) is 3.32. The first-order valence-corrected chi connectivity index (χ1v) is 4.44. The van der Waals surface area contributed by atoms with Crippen LogP contribution in [0.15, 0.2) is 24.3 Å². The molecule has 1 rings (SSSR count). The Morgan fingerprint density at radius 3 is 2.21 bits per heavy atom. The third-order valence-corrected chi connectivity index (χ3v) is 2.14. The number of aldehydes is 1. The predicted molar refractivity (Wildman–Crippen MR) is 55.5 cm³/mol. The molecule has 0 spiro atoms. The summed E-state index contributed by atoms with van der Waals surface area (Å²) in [4.78, 5) is 12.7. The molecule has 0 aliphatic rings. The van der Waals surface area contributed by atoms with Crippen molar-refractivity contribution in [3.8, 4) is 5.75 Å². The van der Waals surface area contributed by atoms with Gasteiger partial charge in [-0.2, -0.15) is 0 Å². The quantitative estimate of drug-likeness (QED) is 0.679. The number of likely N-dealkylation sites (N-methyl/N-ethyl adjacent to an activating group) is 1. The van der Waals surface area contributed by atoms with Crippen molar-refractivity contribution in [2.45, 2.75) is 6.04 Å². The van der Waals surface area contributed by atoms with E-state index < -0.39 is 0 Å². The summed E-state index contributed by atoms with van der Waals surface area (Å²) in [6.45, 7) is 0. The monoisotopic (exact) mass is 193 g/mol. The normalized spacial score (nSPS) is 12.6. The molecule has 1 aromatic carbocycles. The maximum Gasteiger partial charge on any atom is 0.141 e. The number of hydrogen-bond donors (Lipinski definition) is 0. The van der Waals surface area contributed by atoms with Gasteiger partial charge in [0.05, 0.1) is 13.2 Å². The number of benzene rings is 1. The summed E-state index contributed by atoms with van der Waals surface area (Å²) in [5, 5.41) is 0. The van der Waals surface area contributed by atoms with Crippen LogP contribution in [0.4, 0.5) is 0 Å². The molecule has 3 nitrogen and oxygen atoms in total. The van der Waals surface area contributed by atoms with Crippen molar-refractivity contribution in [3.05, 3.63) is 29.8 Å². The molecule has 0 N–H and O–H groups in total. The first-order chi connectivity index (χ1) is 6.69. The summed E-state index contributed by atoms with van der Waals surface area (Å²) >= 11 is 0. The average molecular weight is 193 g/mol. The van der Waals surface area contributed by atoms with Crippen molar-refractivity contribution in [1.82, 2.24) is 4.90 Å². The van der Waals surface area contributed by atoms with E-state index in [2.05, 4.69) is 0 Å². The van der Waals surface area contributed by atoms with Crippen LogP contribution in [0.3, 0.4) is 0 Å². The minimum atomic E-state index is -0.180. The van der Waals surface area contributed by atoms with Crippen molar-refractivity contribution in [1.29, 1.82) is 0 Å². The van der Waals surface area contributed by atoms with E-state index in [4.69, 9.17) is 4.74 Å². The Balaban J connectivity index is 2.89. The molecule has 0 saturated heterocycles. The molecule has 0 saturated carbocycles. The molecule has 0 radical (unpaired) electrons. The van der Waals surface area contributed by atoms with E-state index >= 15 is 0 Å². The molecule has 0 bridgehead atoms. The summed E-state index contributed by atoms with van der Waals surface area (Å²) < 4.78 is 5.04. The Kier molecular flexibility index (Phi) is 3.65. The lowest BCUT2D eigenvalue weighted by Crippen LogP contribution is -2.20. The Hall–Kier alpha value is -1.35. The summed E-state index contributed by atoms with van der Waals surface area (Å²) in [5.74, 6) is 0.803. The van der Waals surface area contributed by atoms with E-state index in [1.54, 1.807) is 7.11 Å². The number of hydrogen-bond acceptors (Lipinski definition) is 3. The molecule has 1 atom stereocenters. The standard InChI is InChI=1S/C11H15NO2/c1-12(2)11(8-13)9-4-6-10(14-3)7-5-9/h4-8,11H,1-3H3. The van der Waals surface area contributed by atoms with Crippen molar-refractivity contribution in [3.63, 3.8) is 0 Å². The van der Waals surface area contributed by atoms with Crippen molar-refractivity contribution >= 4 is 6.29 Å². The van der Waals surface area contributed by atoms with Gasteiger partial charge in [-0.1, -0.05) is 12.1 Å². The zero-order valence-electron chi connectivity index (χ0n) is 8.73. The highest BCUT2D eigenvalue weighted by molar-refractivity contribution is 5.61. The van der Waals surface area contributed by atoms with E-state index in [1.807, 2.05) is 43.3 Å². The molecular formula is C11H15NO2. The molecular weight excluding hydrogens is 178 g/mol. The van der Waals surface area contributed by atoms with Gasteiger partial charge in [-0.05, 0) is 31.8 Å². The van der Waals surface area contributed by atoms with Gasteiger partial charge in [0, 0.05) is 0 Å². The predicted octanol–water partition coefficient (Wildman–Crippen LogP) is 1.50. The maximum absolute atomic E-state index is 10.8. The van der Waals surface area contributed by atoms with Gasteiger partial charge in [-0.3, -0.25) is 4.90 Å². The topological polar surface area (TPSA) is 29.5 Å². The highest BCUT2D eigenvalue weighted by atomic mass is 16.5. The summed E-state index contributed by atoms with van der Waals surface area (Å²) in [7, 11) is 5.38. The smallest absolute Gasteiger partial charge is 0.141 e. The van der Waals surface area contributed by atoms with Gasteiger partial charge < -0.3 is 9.53 Å². The van der Waals surface area contributed by atoms with Crippen LogP contribution in [0.25, 0.3) is 0 Å². The van der Waals surface area contributed by atoms with Crippen LogP contribution in [0.5, 0.6) is 5.75 Å². The largest absolute Gasteiger partial charge is 0.497 e. The number of methoxy groups -OCH3 is 1. The summed E-state index contributed by atoms with van der Waals surface area (Å²) in [5.41, 5.74) is 0.978. The fourth-order valence-electron chi connectivity index (χ4n) is 1.30. The maximum atomic E-state index is 10.8. The van der Waals surface area contributed by atoms with Crippen molar-refractivity contribution in [2.24, 2.45) is 0 Å². The van der Waals surface area contributed by atoms with E-state index in [-0.39, 0.29) is 6.04 Å². The third-order valence-electron chi connectivity index (χ3n) is 2.14. The summed E-state index contributed by atoms with van der Waals surface area (Å²) in [6, 6.07) is 7.33. The Bertz CT molecular complexity index is 293. The molecule has 0 heterocycles. The van der Waals surface area contributed by atoms with Gasteiger partial charge in [0.15, 0.2) is 0 Å². The molecule has 0 fully saturated rings. The number of carbonyl (C=O) groups is 1. The van der Waals surface area contributed by atoms with Gasteiger partial charge in [-0.25, -0.2) is 0 Å². The van der Waals surface area contributed by atoms with Crippen LogP contribution in [0.1, 0.15) is 11.6 Å². The first-order valence-electron chi connectivity index (χ1n) is 4.44. The average Bonchev–Trinajstić information content (AvgIpc) is 2.19. The number of ether oxygens (including phenoxy) is 1.